The van der Waals surface area contributed by atoms with Crippen LogP contribution in [0.15, 0.2) is 45.6 Å². The molecule has 158 valence electrons. The van der Waals surface area contributed by atoms with E-state index in [0.717, 1.165) is 10.3 Å². The molecule has 0 radical (unpaired) electrons. The van der Waals surface area contributed by atoms with Gasteiger partial charge in [0.25, 0.3) is 0 Å². The number of hydrogen-bond donors (Lipinski definition) is 2. The summed E-state index contributed by atoms with van der Waals surface area (Å²) >= 11 is 6.38. The van der Waals surface area contributed by atoms with Crippen molar-refractivity contribution in [3.05, 3.63) is 57.0 Å². The summed E-state index contributed by atoms with van der Waals surface area (Å²) in [6.45, 7) is -3.63. The van der Waals surface area contributed by atoms with Gasteiger partial charge < -0.3 is 14.6 Å². The van der Waals surface area contributed by atoms with E-state index in [1.54, 1.807) is 25.3 Å². The summed E-state index contributed by atoms with van der Waals surface area (Å²) in [5, 5.41) is 7.53. The molecule has 2 aromatic heterocycles. The number of pyridine rings is 2. The minimum atomic E-state index is -3.40. The van der Waals surface area contributed by atoms with Crippen LogP contribution in [0.25, 0.3) is 0 Å². The number of hydrogen-bond acceptors (Lipinski definition) is 6. The first-order valence-electron chi connectivity index (χ1n) is 7.46. The highest BCUT2D eigenvalue weighted by atomic mass is 79.9. The van der Waals surface area contributed by atoms with Crippen molar-refractivity contribution in [2.45, 2.75) is 25.9 Å². The molecular weight excluding hydrogens is 518 g/mol. The maximum absolute atomic E-state index is 11.6. The summed E-state index contributed by atoms with van der Waals surface area (Å²) in [6.07, 6.45) is 0. The number of nitrogens with zero attached hydrogens (tertiary/aromatic N) is 2. The molecule has 0 aliphatic heterocycles. The summed E-state index contributed by atoms with van der Waals surface area (Å²) < 4.78 is 55.5. The van der Waals surface area contributed by atoms with Gasteiger partial charge in [0.2, 0.25) is 0 Å². The van der Waals surface area contributed by atoms with E-state index in [-0.39, 0.29) is 6.61 Å². The minimum Gasteiger partial charge on any atom is -0.389 e. The number of rotatable bonds is 6. The highest BCUT2D eigenvalue weighted by Crippen LogP contribution is 2.08. The van der Waals surface area contributed by atoms with Gasteiger partial charge in [0.15, 0.2) is 0 Å². The maximum Gasteiger partial charge on any atom is 0.345 e. The molecule has 0 aliphatic carbocycles. The molecule has 0 spiro atoms. The lowest BCUT2D eigenvalue weighted by Crippen LogP contribution is -2.32. The lowest BCUT2D eigenvalue weighted by molar-refractivity contribution is -0.137. The van der Waals surface area contributed by atoms with E-state index >= 15 is 0 Å². The Balaban J connectivity index is 0.000000414. The number of alkyl halides is 4. The Labute approximate surface area is 176 Å². The summed E-state index contributed by atoms with van der Waals surface area (Å²) in [5.41, 5.74) is 5.37. The van der Waals surface area contributed by atoms with Crippen molar-refractivity contribution in [1.29, 1.82) is 0 Å². The fourth-order valence-electron chi connectivity index (χ4n) is 1.36. The summed E-state index contributed by atoms with van der Waals surface area (Å²) in [5.74, 6) is 0. The molecular formula is C16H19Br2F4N3O3. The van der Waals surface area contributed by atoms with Crippen LogP contribution < -0.4 is 5.73 Å². The first-order valence-corrected chi connectivity index (χ1v) is 9.05. The van der Waals surface area contributed by atoms with Crippen LogP contribution >= 0.6 is 31.9 Å². The normalized spacial score (nSPS) is 10.6. The molecule has 0 saturated heterocycles. The Morgan fingerprint density at radius 1 is 1.04 bits per heavy atom. The standard InChI is InChI=1S/C7H6BrF2NO.C7H8BrNO.C2H5F2NO/c8-6-3-1-2-5(11-6)4-12-7(9)10;1-10-5-6-3-2-4-7(8)9-6;3-2(4,5)1-6/h1-3,7H,4H2;2-4H,5H2,1H3;6H,1,5H2. The van der Waals surface area contributed by atoms with Gasteiger partial charge in [0.1, 0.15) is 15.8 Å². The molecule has 0 unspecified atom stereocenters. The van der Waals surface area contributed by atoms with Crippen LogP contribution in [-0.4, -0.2) is 41.4 Å². The Hall–Kier alpha value is -1.18. The van der Waals surface area contributed by atoms with Gasteiger partial charge in [-0.15, -0.1) is 0 Å². The molecule has 0 amide bonds. The van der Waals surface area contributed by atoms with Crippen molar-refractivity contribution in [2.24, 2.45) is 5.73 Å². The van der Waals surface area contributed by atoms with Gasteiger partial charge in [-0.25, -0.2) is 9.97 Å². The molecule has 2 aromatic rings. The topological polar surface area (TPSA) is 90.5 Å². The lowest BCUT2D eigenvalue weighted by Gasteiger charge is -2.01. The SMILES string of the molecule is COCc1cccc(Br)n1.FC(F)OCc1cccc(Br)n1.NC(F)(F)CO. The third kappa shape index (κ3) is 15.8. The smallest absolute Gasteiger partial charge is 0.345 e. The molecule has 2 rings (SSSR count). The van der Waals surface area contributed by atoms with Gasteiger partial charge in [-0.05, 0) is 56.1 Å². The lowest BCUT2D eigenvalue weighted by atomic mass is 10.4. The van der Waals surface area contributed by atoms with Crippen LogP contribution in [0.4, 0.5) is 17.6 Å². The van der Waals surface area contributed by atoms with Gasteiger partial charge in [-0.3, -0.25) is 5.73 Å². The largest absolute Gasteiger partial charge is 0.389 e. The predicted molar refractivity (Wildman–Crippen MR) is 102 cm³/mol. The monoisotopic (exact) mass is 535 g/mol. The zero-order valence-electron chi connectivity index (χ0n) is 14.7. The van der Waals surface area contributed by atoms with E-state index in [1.807, 2.05) is 18.2 Å². The summed E-state index contributed by atoms with van der Waals surface area (Å²) in [4.78, 5) is 8.06. The maximum atomic E-state index is 11.6. The van der Waals surface area contributed by atoms with Crippen LogP contribution in [0.3, 0.4) is 0 Å². The number of methoxy groups -OCH3 is 1. The fourth-order valence-corrected chi connectivity index (χ4v) is 2.12. The number of ether oxygens (including phenoxy) is 2. The third-order valence-electron chi connectivity index (χ3n) is 2.41. The zero-order valence-corrected chi connectivity index (χ0v) is 17.8. The van der Waals surface area contributed by atoms with Crippen LogP contribution in [0, 0.1) is 0 Å². The molecule has 0 aromatic carbocycles. The minimum absolute atomic E-state index is 0.170. The van der Waals surface area contributed by atoms with Gasteiger partial charge in [0.05, 0.1) is 24.6 Å². The fraction of sp³-hybridized carbons (Fsp3) is 0.375. The number of halogens is 6. The molecule has 0 fully saturated rings. The van der Waals surface area contributed by atoms with Crippen molar-refractivity contribution in [1.82, 2.24) is 9.97 Å². The molecule has 3 N–H and O–H groups in total. The van der Waals surface area contributed by atoms with E-state index in [1.165, 1.54) is 0 Å². The van der Waals surface area contributed by atoms with Crippen molar-refractivity contribution in [3.63, 3.8) is 0 Å². The average Bonchev–Trinajstić information content (AvgIpc) is 2.61. The van der Waals surface area contributed by atoms with E-state index in [2.05, 4.69) is 52.3 Å². The summed E-state index contributed by atoms with van der Waals surface area (Å²) in [6, 6.07) is 7.39. The van der Waals surface area contributed by atoms with E-state index < -0.39 is 19.3 Å². The first-order chi connectivity index (χ1) is 13.1. The van der Waals surface area contributed by atoms with Gasteiger partial charge >= 0.3 is 12.7 Å². The number of aliphatic hydroxyl groups excluding tert-OH is 1. The van der Waals surface area contributed by atoms with E-state index in [9.17, 15) is 17.6 Å². The molecule has 28 heavy (non-hydrogen) atoms. The third-order valence-corrected chi connectivity index (χ3v) is 3.29. The van der Waals surface area contributed by atoms with Gasteiger partial charge in [-0.2, -0.15) is 17.6 Å². The van der Waals surface area contributed by atoms with Crippen molar-refractivity contribution >= 4 is 31.9 Å². The highest BCUT2D eigenvalue weighted by molar-refractivity contribution is 9.10. The Bertz CT molecular complexity index is 680. The number of nitrogens with two attached hydrogens (primary N) is 1. The van der Waals surface area contributed by atoms with Crippen molar-refractivity contribution < 1.29 is 32.1 Å². The average molecular weight is 537 g/mol. The molecule has 2 heterocycles. The van der Waals surface area contributed by atoms with Crippen LogP contribution in [-0.2, 0) is 22.7 Å². The second kappa shape index (κ2) is 14.8. The van der Waals surface area contributed by atoms with Gasteiger partial charge in [0, 0.05) is 7.11 Å². The molecule has 0 saturated carbocycles. The Kier molecular flexibility index (Phi) is 14.1. The molecule has 0 atom stereocenters. The van der Waals surface area contributed by atoms with Crippen LogP contribution in [0.2, 0.25) is 0 Å². The van der Waals surface area contributed by atoms with Crippen molar-refractivity contribution in [2.75, 3.05) is 13.7 Å². The second-order valence-corrected chi connectivity index (χ2v) is 6.45. The predicted octanol–water partition coefficient (Wildman–Crippen LogP) is 4.10. The Morgan fingerprint density at radius 3 is 1.79 bits per heavy atom. The van der Waals surface area contributed by atoms with Crippen molar-refractivity contribution in [3.8, 4) is 0 Å². The number of aliphatic hydroxyl groups is 1. The van der Waals surface area contributed by atoms with Gasteiger partial charge in [-0.1, -0.05) is 12.1 Å². The highest BCUT2D eigenvalue weighted by Gasteiger charge is 2.18. The number of aromatic nitrogens is 2. The zero-order chi connectivity index (χ0) is 21.6. The summed E-state index contributed by atoms with van der Waals surface area (Å²) in [7, 11) is 1.66. The molecule has 12 heteroatoms. The van der Waals surface area contributed by atoms with Crippen LogP contribution in [0.1, 0.15) is 11.4 Å². The molecule has 0 aliphatic rings. The molecule has 0 bridgehead atoms. The quantitative estimate of drug-likeness (QED) is 0.328. The first kappa shape index (κ1) is 26.8. The van der Waals surface area contributed by atoms with E-state index in [0.29, 0.717) is 16.9 Å². The van der Waals surface area contributed by atoms with E-state index in [4.69, 9.17) is 9.84 Å². The molecule has 6 nitrogen and oxygen atoms in total. The second-order valence-electron chi connectivity index (χ2n) is 4.83. The van der Waals surface area contributed by atoms with Crippen LogP contribution in [0.5, 0.6) is 0 Å². The Morgan fingerprint density at radius 2 is 1.46 bits per heavy atom.